The van der Waals surface area contributed by atoms with Crippen LogP contribution in [0.15, 0.2) is 72.9 Å². The summed E-state index contributed by atoms with van der Waals surface area (Å²) in [7, 11) is -4.73. The van der Waals surface area contributed by atoms with Crippen LogP contribution in [0.1, 0.15) is 168 Å². The first kappa shape index (κ1) is 54.9. The number of phosphoric ester groups is 1. The summed E-state index contributed by atoms with van der Waals surface area (Å²) >= 11 is 0. The summed E-state index contributed by atoms with van der Waals surface area (Å²) in [6.07, 6.45) is 48.2. The SMILES string of the molecule is CCCCC/C=C\C/C=C\C/C=C\C/C=C\CCCCCC(=O)OC[C@H](COP(=O)(O)OC[C@H](N)C(=O)O)OC(=O)CCCCCCC/C=C\C/C=C\CCCCC. The largest absolute Gasteiger partial charge is 0.480 e. The van der Waals surface area contributed by atoms with E-state index < -0.39 is 51.1 Å². The zero-order valence-corrected chi connectivity index (χ0v) is 36.8. The Morgan fingerprint density at radius 3 is 1.38 bits per heavy atom. The van der Waals surface area contributed by atoms with E-state index in [-0.39, 0.29) is 19.4 Å². The van der Waals surface area contributed by atoms with Gasteiger partial charge in [0, 0.05) is 12.8 Å². The van der Waals surface area contributed by atoms with Crippen molar-refractivity contribution in [3.8, 4) is 0 Å². The minimum atomic E-state index is -4.73. The summed E-state index contributed by atoms with van der Waals surface area (Å²) < 4.78 is 32.7. The predicted octanol–water partition coefficient (Wildman–Crippen LogP) is 11.7. The highest BCUT2D eigenvalue weighted by Gasteiger charge is 2.28. The van der Waals surface area contributed by atoms with E-state index in [9.17, 15) is 23.8 Å². The maximum Gasteiger partial charge on any atom is 0.472 e. The molecular weight excluding hydrogens is 757 g/mol. The molecule has 0 saturated carbocycles. The first-order valence-electron chi connectivity index (χ1n) is 22.0. The number of carbonyl (C=O) groups is 3. The second kappa shape index (κ2) is 40.7. The molecule has 0 aliphatic heterocycles. The van der Waals surface area contributed by atoms with E-state index >= 15 is 0 Å². The summed E-state index contributed by atoms with van der Waals surface area (Å²) in [4.78, 5) is 46.0. The van der Waals surface area contributed by atoms with Crippen molar-refractivity contribution >= 4 is 25.7 Å². The quantitative estimate of drug-likeness (QED) is 0.0232. The third-order valence-electron chi connectivity index (χ3n) is 8.93. The van der Waals surface area contributed by atoms with Crippen LogP contribution in [0.4, 0.5) is 0 Å². The molecule has 0 rings (SSSR count). The number of phosphoric acid groups is 1. The molecule has 0 aliphatic rings. The van der Waals surface area contributed by atoms with Gasteiger partial charge in [-0.25, -0.2) is 4.57 Å². The number of hydrogen-bond donors (Lipinski definition) is 3. The average Bonchev–Trinajstić information content (AvgIpc) is 3.20. The molecule has 11 nitrogen and oxygen atoms in total. The van der Waals surface area contributed by atoms with Crippen LogP contribution in [-0.4, -0.2) is 59.9 Å². The lowest BCUT2D eigenvalue weighted by Crippen LogP contribution is -2.34. The van der Waals surface area contributed by atoms with Gasteiger partial charge in [0.2, 0.25) is 0 Å². The molecule has 0 bridgehead atoms. The second-order valence-corrected chi connectivity index (χ2v) is 15.9. The second-order valence-electron chi connectivity index (χ2n) is 14.5. The van der Waals surface area contributed by atoms with Gasteiger partial charge >= 0.3 is 25.7 Å². The lowest BCUT2D eigenvalue weighted by molar-refractivity contribution is -0.161. The monoisotopic (exact) mass is 836 g/mol. The lowest BCUT2D eigenvalue weighted by atomic mass is 10.1. The van der Waals surface area contributed by atoms with Gasteiger partial charge in [-0.15, -0.1) is 0 Å². The zero-order chi connectivity index (χ0) is 42.8. The lowest BCUT2D eigenvalue weighted by Gasteiger charge is -2.20. The third kappa shape index (κ3) is 39.7. The molecule has 0 heterocycles. The number of allylic oxidation sites excluding steroid dienone is 12. The molecule has 0 spiro atoms. The molecule has 0 aliphatic carbocycles. The highest BCUT2D eigenvalue weighted by molar-refractivity contribution is 7.47. The summed E-state index contributed by atoms with van der Waals surface area (Å²) in [5, 5.41) is 8.89. The molecule has 4 N–H and O–H groups in total. The average molecular weight is 836 g/mol. The number of ether oxygens (including phenoxy) is 2. The van der Waals surface area contributed by atoms with E-state index in [0.29, 0.717) is 12.8 Å². The van der Waals surface area contributed by atoms with Gasteiger partial charge in [-0.05, 0) is 89.9 Å². The molecule has 12 heteroatoms. The zero-order valence-electron chi connectivity index (χ0n) is 35.9. The molecule has 0 radical (unpaired) electrons. The Bertz CT molecular complexity index is 1260. The maximum atomic E-state index is 12.6. The van der Waals surface area contributed by atoms with E-state index in [0.717, 1.165) is 83.5 Å². The summed E-state index contributed by atoms with van der Waals surface area (Å²) in [5.74, 6) is -2.44. The molecule has 58 heavy (non-hydrogen) atoms. The van der Waals surface area contributed by atoms with Crippen molar-refractivity contribution in [2.45, 2.75) is 180 Å². The number of carboxylic acids is 1. The Balaban J connectivity index is 4.46. The van der Waals surface area contributed by atoms with Gasteiger partial charge in [0.15, 0.2) is 6.10 Å². The fourth-order valence-electron chi connectivity index (χ4n) is 5.43. The number of esters is 2. The van der Waals surface area contributed by atoms with Gasteiger partial charge in [0.05, 0.1) is 13.2 Å². The van der Waals surface area contributed by atoms with E-state index in [4.69, 9.17) is 24.8 Å². The fourth-order valence-corrected chi connectivity index (χ4v) is 6.21. The van der Waals surface area contributed by atoms with Crippen molar-refractivity contribution in [1.82, 2.24) is 0 Å². The molecule has 1 unspecified atom stereocenters. The molecule has 0 saturated heterocycles. The molecule has 0 amide bonds. The smallest absolute Gasteiger partial charge is 0.472 e. The van der Waals surface area contributed by atoms with Crippen LogP contribution in [0, 0.1) is 0 Å². The minimum absolute atomic E-state index is 0.134. The number of unbranched alkanes of at least 4 members (excludes halogenated alkanes) is 14. The first-order valence-corrected chi connectivity index (χ1v) is 23.5. The van der Waals surface area contributed by atoms with Crippen molar-refractivity contribution in [1.29, 1.82) is 0 Å². The normalized spacial score (nSPS) is 14.4. The van der Waals surface area contributed by atoms with Crippen LogP contribution in [0.2, 0.25) is 0 Å². The number of nitrogens with two attached hydrogens (primary N) is 1. The Morgan fingerprint density at radius 2 is 0.914 bits per heavy atom. The van der Waals surface area contributed by atoms with Crippen molar-refractivity contribution in [2.75, 3.05) is 19.8 Å². The molecule has 0 fully saturated rings. The van der Waals surface area contributed by atoms with Gasteiger partial charge in [-0.2, -0.15) is 0 Å². The number of aliphatic carboxylic acids is 1. The predicted molar refractivity (Wildman–Crippen MR) is 235 cm³/mol. The molecule has 332 valence electrons. The standard InChI is InChI=1S/C46H78NO10P/c1-3-5-7-9-11-13-15-17-19-20-21-22-24-25-27-29-31-33-35-37-44(48)54-39-42(40-55-58(52,53)56-41-43(47)46(50)51)57-45(49)38-36-34-32-30-28-26-23-18-16-14-12-10-8-6-4-2/h11-14,17-19,21-23,25,27,42-43H,3-10,15-16,20,24,26,28-41,47H2,1-2H3,(H,50,51)(H,52,53)/b13-11-,14-12-,19-17-,22-21-,23-18-,27-25-/t42-,43+/m1/s1. The van der Waals surface area contributed by atoms with E-state index in [1.807, 2.05) is 0 Å². The van der Waals surface area contributed by atoms with Crippen LogP contribution < -0.4 is 5.73 Å². The maximum absolute atomic E-state index is 12.6. The van der Waals surface area contributed by atoms with Crippen LogP contribution >= 0.6 is 7.82 Å². The summed E-state index contributed by atoms with van der Waals surface area (Å²) in [6.45, 7) is 2.69. The summed E-state index contributed by atoms with van der Waals surface area (Å²) in [5.41, 5.74) is 5.33. The fraction of sp³-hybridized carbons (Fsp3) is 0.674. The molecule has 0 aromatic rings. The Morgan fingerprint density at radius 1 is 0.534 bits per heavy atom. The molecular formula is C46H78NO10P. The molecule has 0 aromatic heterocycles. The van der Waals surface area contributed by atoms with Gasteiger partial charge < -0.3 is 25.2 Å². The topological polar surface area (TPSA) is 172 Å². The Hall–Kier alpha value is -3.08. The summed E-state index contributed by atoms with van der Waals surface area (Å²) in [6, 6.07) is -1.53. The van der Waals surface area contributed by atoms with Crippen molar-refractivity contribution in [3.63, 3.8) is 0 Å². The van der Waals surface area contributed by atoms with Crippen LogP contribution in [-0.2, 0) is 37.5 Å². The van der Waals surface area contributed by atoms with Gasteiger partial charge in [-0.1, -0.05) is 138 Å². The van der Waals surface area contributed by atoms with E-state index in [1.54, 1.807) is 0 Å². The van der Waals surface area contributed by atoms with Crippen LogP contribution in [0.3, 0.4) is 0 Å². The minimum Gasteiger partial charge on any atom is -0.480 e. The van der Waals surface area contributed by atoms with Crippen molar-refractivity contribution in [3.05, 3.63) is 72.9 Å². The van der Waals surface area contributed by atoms with Gasteiger partial charge in [0.1, 0.15) is 12.6 Å². The molecule has 3 atom stereocenters. The number of hydrogen-bond acceptors (Lipinski definition) is 9. The van der Waals surface area contributed by atoms with Crippen LogP contribution in [0.5, 0.6) is 0 Å². The molecule has 0 aromatic carbocycles. The highest BCUT2D eigenvalue weighted by atomic mass is 31.2. The third-order valence-corrected chi connectivity index (χ3v) is 9.88. The first-order chi connectivity index (χ1) is 28.1. The van der Waals surface area contributed by atoms with Gasteiger partial charge in [0.25, 0.3) is 0 Å². The Kier molecular flexibility index (Phi) is 38.5. The number of carbonyl (C=O) groups excluding carboxylic acids is 2. The van der Waals surface area contributed by atoms with E-state index in [2.05, 4.69) is 91.3 Å². The highest BCUT2D eigenvalue weighted by Crippen LogP contribution is 2.43. The number of rotatable bonds is 40. The van der Waals surface area contributed by atoms with Gasteiger partial charge in [-0.3, -0.25) is 23.4 Å². The van der Waals surface area contributed by atoms with Crippen molar-refractivity contribution < 1.29 is 47.5 Å². The van der Waals surface area contributed by atoms with E-state index in [1.165, 1.54) is 44.9 Å². The van der Waals surface area contributed by atoms with Crippen LogP contribution in [0.25, 0.3) is 0 Å². The van der Waals surface area contributed by atoms with Crippen molar-refractivity contribution in [2.24, 2.45) is 5.73 Å². The Labute approximate surface area is 350 Å². The number of carboxylic acid groups (broad SMARTS) is 1.